The minimum absolute atomic E-state index is 0.124. The summed E-state index contributed by atoms with van der Waals surface area (Å²) in [5, 5.41) is 6.41. The van der Waals surface area contributed by atoms with E-state index in [0.717, 1.165) is 36.2 Å². The molecule has 2 unspecified atom stereocenters. The molecule has 0 radical (unpaired) electrons. The van der Waals surface area contributed by atoms with Gasteiger partial charge in [-0.1, -0.05) is 25.1 Å². The fourth-order valence-electron chi connectivity index (χ4n) is 3.43. The maximum Gasteiger partial charge on any atom is 0.234 e. The van der Waals surface area contributed by atoms with Crippen molar-refractivity contribution in [3.63, 3.8) is 0 Å². The van der Waals surface area contributed by atoms with Crippen LogP contribution in [0.15, 0.2) is 24.3 Å². The number of thiazole rings is 1. The van der Waals surface area contributed by atoms with Gasteiger partial charge in [-0.3, -0.25) is 9.59 Å². The van der Waals surface area contributed by atoms with Crippen molar-refractivity contribution >= 4 is 34.0 Å². The van der Waals surface area contributed by atoms with Crippen molar-refractivity contribution in [2.75, 3.05) is 10.6 Å². The van der Waals surface area contributed by atoms with Crippen LogP contribution in [0.2, 0.25) is 0 Å². The Balaban J connectivity index is 1.56. The zero-order chi connectivity index (χ0) is 16.7. The lowest BCUT2D eigenvalue weighted by atomic mass is 9.90. The Hall–Kier alpha value is -2.21. The lowest BCUT2D eigenvalue weighted by Gasteiger charge is -2.24. The second kappa shape index (κ2) is 6.02. The van der Waals surface area contributed by atoms with Gasteiger partial charge in [0.15, 0.2) is 5.13 Å². The Morgan fingerprint density at radius 2 is 2.17 bits per heavy atom. The lowest BCUT2D eigenvalue weighted by molar-refractivity contribution is -0.123. The summed E-state index contributed by atoms with van der Waals surface area (Å²) in [6, 6.07) is 7.47. The molecule has 0 fully saturated rings. The number of aryl methyl sites for hydroxylation is 1. The lowest BCUT2D eigenvalue weighted by Crippen LogP contribution is -2.30. The minimum Gasteiger partial charge on any atom is -0.326 e. The third-order valence-corrected chi connectivity index (χ3v) is 5.77. The fourth-order valence-corrected chi connectivity index (χ4v) is 4.61. The molecular formula is C18H19N3O2S. The first-order chi connectivity index (χ1) is 11.6. The number of carbonyl (C=O) groups is 2. The fraction of sp³-hybridized carbons (Fsp3) is 0.389. The molecule has 0 saturated heterocycles. The second-order valence-corrected chi connectivity index (χ2v) is 7.70. The van der Waals surface area contributed by atoms with E-state index < -0.39 is 5.92 Å². The largest absolute Gasteiger partial charge is 0.326 e. The predicted octanol–water partition coefficient (Wildman–Crippen LogP) is 3.33. The molecular weight excluding hydrogens is 322 g/mol. The number of nitrogens with one attached hydrogen (secondary N) is 2. The van der Waals surface area contributed by atoms with Gasteiger partial charge in [0.2, 0.25) is 11.8 Å². The summed E-state index contributed by atoms with van der Waals surface area (Å²) < 4.78 is 0. The molecule has 0 saturated carbocycles. The highest BCUT2D eigenvalue weighted by atomic mass is 32.1. The molecule has 2 aliphatic rings. The standard InChI is InChI=1S/C18H19N3O2S/c1-10-6-7-14-15(8-10)24-18(20-14)21-17(23)12-9-16(22)19-13-5-3-2-4-11(12)13/h2-5,10,12H,6-9H2,1H3,(H,19,22)(H,20,21,23). The third kappa shape index (κ3) is 2.82. The van der Waals surface area contributed by atoms with Crippen molar-refractivity contribution < 1.29 is 9.59 Å². The molecule has 1 aromatic heterocycles. The Morgan fingerprint density at radius 1 is 1.33 bits per heavy atom. The van der Waals surface area contributed by atoms with E-state index in [-0.39, 0.29) is 18.2 Å². The van der Waals surface area contributed by atoms with Crippen LogP contribution in [-0.4, -0.2) is 16.8 Å². The number of hydrogen-bond donors (Lipinski definition) is 2. The number of fused-ring (bicyclic) bond motifs is 2. The predicted molar refractivity (Wildman–Crippen MR) is 94.4 cm³/mol. The quantitative estimate of drug-likeness (QED) is 0.880. The van der Waals surface area contributed by atoms with Gasteiger partial charge in [-0.2, -0.15) is 0 Å². The molecule has 2 aromatic rings. The van der Waals surface area contributed by atoms with Gasteiger partial charge in [0.25, 0.3) is 0 Å². The number of benzene rings is 1. The van der Waals surface area contributed by atoms with E-state index in [1.807, 2.05) is 24.3 Å². The molecule has 4 rings (SSSR count). The highest BCUT2D eigenvalue weighted by Gasteiger charge is 2.31. The molecule has 6 heteroatoms. The van der Waals surface area contributed by atoms with Crippen LogP contribution in [0, 0.1) is 5.92 Å². The van der Waals surface area contributed by atoms with E-state index in [2.05, 4.69) is 22.5 Å². The Morgan fingerprint density at radius 3 is 3.04 bits per heavy atom. The van der Waals surface area contributed by atoms with E-state index in [9.17, 15) is 9.59 Å². The molecule has 1 aliphatic heterocycles. The number of carbonyl (C=O) groups excluding carboxylic acids is 2. The topological polar surface area (TPSA) is 71.1 Å². The van der Waals surface area contributed by atoms with Gasteiger partial charge in [-0.15, -0.1) is 11.3 Å². The molecule has 2 heterocycles. The Bertz CT molecular complexity index is 814. The number of hydrogen-bond acceptors (Lipinski definition) is 4. The van der Waals surface area contributed by atoms with E-state index in [0.29, 0.717) is 11.0 Å². The zero-order valence-corrected chi connectivity index (χ0v) is 14.3. The molecule has 24 heavy (non-hydrogen) atoms. The van der Waals surface area contributed by atoms with Gasteiger partial charge in [0.05, 0.1) is 11.6 Å². The smallest absolute Gasteiger partial charge is 0.234 e. The average molecular weight is 341 g/mol. The minimum atomic E-state index is -0.463. The summed E-state index contributed by atoms with van der Waals surface area (Å²) in [5.41, 5.74) is 2.71. The van der Waals surface area contributed by atoms with E-state index in [1.165, 1.54) is 4.88 Å². The second-order valence-electron chi connectivity index (χ2n) is 6.62. The number of nitrogens with zero attached hydrogens (tertiary/aromatic N) is 1. The SMILES string of the molecule is CC1CCc2nc(NC(=O)C3CC(=O)Nc4ccccc43)sc2C1. The average Bonchev–Trinajstić information content (AvgIpc) is 2.95. The van der Waals surface area contributed by atoms with Crippen LogP contribution in [0.5, 0.6) is 0 Å². The van der Waals surface area contributed by atoms with Crippen molar-refractivity contribution in [3.8, 4) is 0 Å². The maximum atomic E-state index is 12.7. The third-order valence-electron chi connectivity index (χ3n) is 4.73. The first-order valence-electron chi connectivity index (χ1n) is 8.28. The summed E-state index contributed by atoms with van der Waals surface area (Å²) >= 11 is 1.57. The first-order valence-corrected chi connectivity index (χ1v) is 9.10. The summed E-state index contributed by atoms with van der Waals surface area (Å²) in [6.07, 6.45) is 3.35. The molecule has 2 amide bonds. The van der Waals surface area contributed by atoms with Crippen LogP contribution < -0.4 is 10.6 Å². The number of anilines is 2. The van der Waals surface area contributed by atoms with Gasteiger partial charge in [0, 0.05) is 17.0 Å². The van der Waals surface area contributed by atoms with E-state index in [1.54, 1.807) is 11.3 Å². The van der Waals surface area contributed by atoms with Gasteiger partial charge >= 0.3 is 0 Å². The van der Waals surface area contributed by atoms with Crippen LogP contribution >= 0.6 is 11.3 Å². The molecule has 0 spiro atoms. The van der Waals surface area contributed by atoms with Crippen molar-refractivity contribution in [1.29, 1.82) is 0 Å². The summed E-state index contributed by atoms with van der Waals surface area (Å²) in [5.74, 6) is -0.0669. The molecule has 124 valence electrons. The van der Waals surface area contributed by atoms with Crippen molar-refractivity contribution in [1.82, 2.24) is 4.98 Å². The molecule has 0 bridgehead atoms. The molecule has 1 aliphatic carbocycles. The van der Waals surface area contributed by atoms with Crippen LogP contribution in [0.4, 0.5) is 10.8 Å². The van der Waals surface area contributed by atoms with Crippen LogP contribution in [-0.2, 0) is 22.4 Å². The first kappa shape index (κ1) is 15.3. The molecule has 2 N–H and O–H groups in total. The van der Waals surface area contributed by atoms with Crippen molar-refractivity contribution in [3.05, 3.63) is 40.4 Å². The molecule has 1 aromatic carbocycles. The van der Waals surface area contributed by atoms with Gasteiger partial charge < -0.3 is 10.6 Å². The highest BCUT2D eigenvalue weighted by molar-refractivity contribution is 7.15. The Labute approximate surface area is 144 Å². The van der Waals surface area contributed by atoms with Crippen LogP contribution in [0.1, 0.15) is 41.8 Å². The number of amides is 2. The number of para-hydroxylation sites is 1. The van der Waals surface area contributed by atoms with Gasteiger partial charge in [0.1, 0.15) is 0 Å². The Kier molecular flexibility index (Phi) is 3.84. The van der Waals surface area contributed by atoms with Gasteiger partial charge in [-0.25, -0.2) is 4.98 Å². The van der Waals surface area contributed by atoms with Gasteiger partial charge in [-0.05, 0) is 36.8 Å². The zero-order valence-electron chi connectivity index (χ0n) is 13.5. The van der Waals surface area contributed by atoms with E-state index >= 15 is 0 Å². The van der Waals surface area contributed by atoms with Crippen molar-refractivity contribution in [2.45, 2.75) is 38.5 Å². The number of aromatic nitrogens is 1. The maximum absolute atomic E-state index is 12.7. The summed E-state index contributed by atoms with van der Waals surface area (Å²) in [6.45, 7) is 2.25. The van der Waals surface area contributed by atoms with Crippen molar-refractivity contribution in [2.24, 2.45) is 5.92 Å². The highest BCUT2D eigenvalue weighted by Crippen LogP contribution is 2.35. The van der Waals surface area contributed by atoms with E-state index in [4.69, 9.17) is 0 Å². The molecule has 5 nitrogen and oxygen atoms in total. The monoisotopic (exact) mass is 341 g/mol. The number of rotatable bonds is 2. The molecule has 2 atom stereocenters. The summed E-state index contributed by atoms with van der Waals surface area (Å²) in [7, 11) is 0. The summed E-state index contributed by atoms with van der Waals surface area (Å²) in [4.78, 5) is 30.5. The normalized spacial score (nSPS) is 22.3. The van der Waals surface area contributed by atoms with Crippen LogP contribution in [0.25, 0.3) is 0 Å². The van der Waals surface area contributed by atoms with Crippen LogP contribution in [0.3, 0.4) is 0 Å².